The summed E-state index contributed by atoms with van der Waals surface area (Å²) in [5.74, 6) is 0.108. The van der Waals surface area contributed by atoms with E-state index < -0.39 is 0 Å². The highest BCUT2D eigenvalue weighted by atomic mass is 32.2. The second kappa shape index (κ2) is 4.11. The monoisotopic (exact) mass is 220 g/mol. The van der Waals surface area contributed by atoms with Gasteiger partial charge in [-0.2, -0.15) is 0 Å². The molecule has 0 bridgehead atoms. The highest BCUT2D eigenvalue weighted by molar-refractivity contribution is 8.02. The third kappa shape index (κ3) is 1.67. The van der Waals surface area contributed by atoms with E-state index in [-0.39, 0.29) is 5.78 Å². The number of carbonyl (C=O) groups excluding carboxylic acids is 1. The van der Waals surface area contributed by atoms with Gasteiger partial charge in [0, 0.05) is 12.0 Å². The van der Waals surface area contributed by atoms with Crippen molar-refractivity contribution in [2.45, 2.75) is 6.42 Å². The third-order valence-corrected chi connectivity index (χ3v) is 3.30. The molecule has 0 fully saturated rings. The maximum Gasteiger partial charge on any atom is 0.193 e. The molecule has 0 heterocycles. The number of Topliss-reactive ketones (excluding diaryl/α,β-unsaturated/α-hetero) is 1. The van der Waals surface area contributed by atoms with E-state index >= 15 is 0 Å². The molecule has 0 aliphatic heterocycles. The van der Waals surface area contributed by atoms with Crippen molar-refractivity contribution in [2.24, 2.45) is 0 Å². The zero-order valence-electron chi connectivity index (χ0n) is 8.74. The van der Waals surface area contributed by atoms with E-state index in [4.69, 9.17) is 4.74 Å². The highest BCUT2D eigenvalue weighted by Gasteiger charge is 2.27. The minimum absolute atomic E-state index is 0.108. The van der Waals surface area contributed by atoms with Gasteiger partial charge in [-0.05, 0) is 11.8 Å². The molecule has 1 aliphatic rings. The number of hydrogen-bond donors (Lipinski definition) is 0. The van der Waals surface area contributed by atoms with E-state index in [9.17, 15) is 4.79 Å². The maximum atomic E-state index is 12.0. The number of benzene rings is 1. The molecule has 0 aromatic heterocycles. The summed E-state index contributed by atoms with van der Waals surface area (Å²) in [6, 6.07) is 7.72. The van der Waals surface area contributed by atoms with Crippen molar-refractivity contribution in [2.75, 3.05) is 13.4 Å². The second-order valence-corrected chi connectivity index (χ2v) is 4.12. The van der Waals surface area contributed by atoms with Crippen LogP contribution in [0.1, 0.15) is 15.9 Å². The number of methoxy groups -OCH3 is 1. The molecule has 2 nitrogen and oxygen atoms in total. The van der Waals surface area contributed by atoms with Crippen LogP contribution in [0, 0.1) is 0 Å². The predicted octanol–water partition coefficient (Wildman–Crippen LogP) is 2.65. The van der Waals surface area contributed by atoms with Crippen LogP contribution in [0.5, 0.6) is 0 Å². The maximum absolute atomic E-state index is 12.0. The van der Waals surface area contributed by atoms with Gasteiger partial charge in [0.25, 0.3) is 0 Å². The summed E-state index contributed by atoms with van der Waals surface area (Å²) < 4.78 is 5.21. The number of carbonyl (C=O) groups is 1. The summed E-state index contributed by atoms with van der Waals surface area (Å²) in [4.78, 5) is 12.0. The van der Waals surface area contributed by atoms with Gasteiger partial charge in [-0.1, -0.05) is 36.0 Å². The summed E-state index contributed by atoms with van der Waals surface area (Å²) in [5, 5.41) is 0.733. The van der Waals surface area contributed by atoms with Gasteiger partial charge in [-0.15, -0.1) is 0 Å². The molecule has 1 aromatic rings. The van der Waals surface area contributed by atoms with Crippen LogP contribution in [0.4, 0.5) is 0 Å². The number of ether oxygens (including phenoxy) is 1. The third-order valence-electron chi connectivity index (χ3n) is 2.52. The Labute approximate surface area is 93.3 Å². The van der Waals surface area contributed by atoms with Crippen LogP contribution in [0.25, 0.3) is 0 Å². The summed E-state index contributed by atoms with van der Waals surface area (Å²) in [6.07, 6.45) is 2.61. The van der Waals surface area contributed by atoms with Gasteiger partial charge >= 0.3 is 0 Å². The van der Waals surface area contributed by atoms with Gasteiger partial charge in [0.1, 0.15) is 0 Å². The van der Waals surface area contributed by atoms with E-state index in [1.54, 1.807) is 7.11 Å². The van der Waals surface area contributed by atoms with Crippen molar-refractivity contribution in [1.82, 2.24) is 0 Å². The van der Waals surface area contributed by atoms with Crippen LogP contribution >= 0.6 is 11.8 Å². The molecule has 2 rings (SSSR count). The Bertz CT molecular complexity index is 429. The van der Waals surface area contributed by atoms with E-state index in [1.807, 2.05) is 30.5 Å². The van der Waals surface area contributed by atoms with Gasteiger partial charge in [0.2, 0.25) is 0 Å². The smallest absolute Gasteiger partial charge is 0.193 e. The fourth-order valence-corrected chi connectivity index (χ4v) is 2.40. The summed E-state index contributed by atoms with van der Waals surface area (Å²) in [7, 11) is 1.61. The standard InChI is InChI=1S/C12H12O2S/c1-14-12(15-2)10-7-8-5-3-4-6-9(8)11(10)13/h3-6H,7H2,1-2H3/b12-10-. The van der Waals surface area contributed by atoms with Crippen LogP contribution in [0.2, 0.25) is 0 Å². The van der Waals surface area contributed by atoms with E-state index in [1.165, 1.54) is 11.8 Å². The van der Waals surface area contributed by atoms with Crippen molar-refractivity contribution < 1.29 is 9.53 Å². The molecule has 0 saturated carbocycles. The lowest BCUT2D eigenvalue weighted by Gasteiger charge is -2.04. The lowest BCUT2D eigenvalue weighted by Crippen LogP contribution is -1.99. The molecule has 1 aliphatic carbocycles. The zero-order chi connectivity index (χ0) is 10.8. The van der Waals surface area contributed by atoms with Gasteiger partial charge in [0.15, 0.2) is 10.9 Å². The molecule has 0 spiro atoms. The van der Waals surface area contributed by atoms with Crippen molar-refractivity contribution in [3.8, 4) is 0 Å². The van der Waals surface area contributed by atoms with Crippen molar-refractivity contribution in [1.29, 1.82) is 0 Å². The van der Waals surface area contributed by atoms with E-state index in [0.29, 0.717) is 6.42 Å². The molecule has 3 heteroatoms. The highest BCUT2D eigenvalue weighted by Crippen LogP contribution is 2.31. The average molecular weight is 220 g/mol. The van der Waals surface area contributed by atoms with Gasteiger partial charge in [-0.3, -0.25) is 4.79 Å². The first-order chi connectivity index (χ1) is 7.27. The number of allylic oxidation sites excluding steroid dienone is 1. The normalized spacial score (nSPS) is 17.6. The Hall–Kier alpha value is -1.22. The van der Waals surface area contributed by atoms with Crippen LogP contribution in [0.3, 0.4) is 0 Å². The van der Waals surface area contributed by atoms with E-state index in [0.717, 1.165) is 21.8 Å². The van der Waals surface area contributed by atoms with Crippen LogP contribution in [-0.2, 0) is 11.2 Å². The summed E-state index contributed by atoms with van der Waals surface area (Å²) in [6.45, 7) is 0. The molecule has 15 heavy (non-hydrogen) atoms. The minimum atomic E-state index is 0.108. The molecule has 0 unspecified atom stereocenters. The van der Waals surface area contributed by atoms with E-state index in [2.05, 4.69) is 0 Å². The van der Waals surface area contributed by atoms with Crippen LogP contribution in [-0.4, -0.2) is 19.1 Å². The Morgan fingerprint density at radius 3 is 2.73 bits per heavy atom. The van der Waals surface area contributed by atoms with Gasteiger partial charge in [0.05, 0.1) is 12.7 Å². The van der Waals surface area contributed by atoms with Crippen molar-refractivity contribution >= 4 is 17.5 Å². The Morgan fingerprint density at radius 2 is 2.13 bits per heavy atom. The molecule has 0 atom stereocenters. The van der Waals surface area contributed by atoms with Crippen molar-refractivity contribution in [3.63, 3.8) is 0 Å². The quantitative estimate of drug-likeness (QED) is 0.566. The Morgan fingerprint density at radius 1 is 1.40 bits per heavy atom. The molecular formula is C12H12O2S. The lowest BCUT2D eigenvalue weighted by atomic mass is 10.1. The molecule has 1 aromatic carbocycles. The molecular weight excluding hydrogens is 208 g/mol. The first kappa shape index (κ1) is 10.3. The topological polar surface area (TPSA) is 26.3 Å². The number of rotatable bonds is 2. The number of thioether (sulfide) groups is 1. The summed E-state index contributed by atoms with van der Waals surface area (Å²) >= 11 is 1.48. The molecule has 78 valence electrons. The average Bonchev–Trinajstić information content (AvgIpc) is 2.60. The zero-order valence-corrected chi connectivity index (χ0v) is 9.56. The van der Waals surface area contributed by atoms with Crippen molar-refractivity contribution in [3.05, 3.63) is 46.1 Å². The number of ketones is 1. The van der Waals surface area contributed by atoms with Gasteiger partial charge in [-0.25, -0.2) is 0 Å². The largest absolute Gasteiger partial charge is 0.490 e. The minimum Gasteiger partial charge on any atom is -0.490 e. The van der Waals surface area contributed by atoms with Gasteiger partial charge < -0.3 is 4.74 Å². The molecule has 0 saturated heterocycles. The first-order valence-electron chi connectivity index (χ1n) is 4.71. The molecule has 0 radical (unpaired) electrons. The fraction of sp³-hybridized carbons (Fsp3) is 0.250. The predicted molar refractivity (Wildman–Crippen MR) is 62.0 cm³/mol. The fourth-order valence-electron chi connectivity index (χ4n) is 1.82. The van der Waals surface area contributed by atoms with Crippen LogP contribution in [0.15, 0.2) is 34.9 Å². The Kier molecular flexibility index (Phi) is 2.82. The lowest BCUT2D eigenvalue weighted by molar-refractivity contribution is 0.103. The number of hydrogen-bond acceptors (Lipinski definition) is 3. The summed E-state index contributed by atoms with van der Waals surface area (Å²) in [5.41, 5.74) is 2.70. The van der Waals surface area contributed by atoms with Crippen LogP contribution < -0.4 is 0 Å². The molecule has 0 amide bonds. The number of fused-ring (bicyclic) bond motifs is 1. The first-order valence-corrected chi connectivity index (χ1v) is 5.94. The molecule has 0 N–H and O–H groups in total. The Balaban J connectivity index is 2.47. The second-order valence-electron chi connectivity index (χ2n) is 3.34. The SMILES string of the molecule is CO/C(SC)=C1\Cc2ccccc2C1=O.